The van der Waals surface area contributed by atoms with Gasteiger partial charge in [-0.05, 0) is 12.1 Å². The normalized spacial score (nSPS) is 16.7. The minimum atomic E-state index is -0.852. The van der Waals surface area contributed by atoms with Gasteiger partial charge in [-0.25, -0.2) is 4.98 Å². The fourth-order valence-electron chi connectivity index (χ4n) is 2.90. The number of benzene rings is 1. The van der Waals surface area contributed by atoms with Gasteiger partial charge in [0.15, 0.2) is 0 Å². The molecule has 0 bridgehead atoms. The van der Waals surface area contributed by atoms with Crippen molar-refractivity contribution in [1.82, 2.24) is 9.88 Å². The largest absolute Gasteiger partial charge is 0.496 e. The molecule has 2 heterocycles. The van der Waals surface area contributed by atoms with Crippen LogP contribution in [0.2, 0.25) is 0 Å². The first-order valence-corrected chi connectivity index (χ1v) is 8.32. The van der Waals surface area contributed by atoms with Gasteiger partial charge in [0, 0.05) is 23.1 Å². The molecule has 1 atom stereocenters. The first-order valence-electron chi connectivity index (χ1n) is 7.44. The Morgan fingerprint density at radius 3 is 2.75 bits per heavy atom. The number of β-amino-alcohol motifs (C(OH)–C–C–N with tert-alkyl or cyclic N) is 1. The number of nitrogens with zero attached hydrogens (tertiary/aromatic N) is 2. The molecule has 7 nitrogen and oxygen atoms in total. The minimum absolute atomic E-state index is 0.171. The van der Waals surface area contributed by atoms with E-state index in [0.717, 1.165) is 5.56 Å². The van der Waals surface area contributed by atoms with Gasteiger partial charge in [0.05, 0.1) is 27.3 Å². The van der Waals surface area contributed by atoms with Crippen molar-refractivity contribution in [3.63, 3.8) is 0 Å². The number of fused-ring (bicyclic) bond motifs is 1. The van der Waals surface area contributed by atoms with E-state index in [1.165, 1.54) is 11.3 Å². The van der Waals surface area contributed by atoms with Crippen molar-refractivity contribution < 1.29 is 19.4 Å². The number of hydrogen-bond acceptors (Lipinski definition) is 7. The fraction of sp³-hybridized carbons (Fsp3) is 0.375. The molecule has 24 heavy (non-hydrogen) atoms. The summed E-state index contributed by atoms with van der Waals surface area (Å²) in [5.41, 5.74) is 7.31. The molecule has 3 rings (SSSR count). The van der Waals surface area contributed by atoms with Crippen LogP contribution in [0, 0.1) is 0 Å². The van der Waals surface area contributed by atoms with Crippen LogP contribution in [0.5, 0.6) is 11.5 Å². The van der Waals surface area contributed by atoms with Crippen LogP contribution in [0.25, 0.3) is 0 Å². The first kappa shape index (κ1) is 16.7. The summed E-state index contributed by atoms with van der Waals surface area (Å²) in [6.07, 6.45) is -0.852. The van der Waals surface area contributed by atoms with Crippen LogP contribution in [-0.4, -0.2) is 41.7 Å². The number of carbonyl (C=O) groups is 1. The molecule has 0 spiro atoms. The predicted octanol–water partition coefficient (Wildman–Crippen LogP) is 1.31. The summed E-state index contributed by atoms with van der Waals surface area (Å²) in [6, 6.07) is 3.53. The predicted molar refractivity (Wildman–Crippen MR) is 89.3 cm³/mol. The van der Waals surface area contributed by atoms with E-state index < -0.39 is 6.10 Å². The molecule has 3 N–H and O–H groups in total. The van der Waals surface area contributed by atoms with Gasteiger partial charge >= 0.3 is 0 Å². The average molecular weight is 349 g/mol. The van der Waals surface area contributed by atoms with Gasteiger partial charge < -0.3 is 25.2 Å². The van der Waals surface area contributed by atoms with Crippen molar-refractivity contribution in [2.75, 3.05) is 20.8 Å². The number of ether oxygens (including phenoxy) is 2. The third kappa shape index (κ3) is 2.83. The summed E-state index contributed by atoms with van der Waals surface area (Å²) in [5, 5.41) is 12.9. The summed E-state index contributed by atoms with van der Waals surface area (Å²) >= 11 is 1.35. The van der Waals surface area contributed by atoms with Gasteiger partial charge in [0.1, 0.15) is 28.3 Å². The Labute approximate surface area is 143 Å². The maximum Gasteiger partial charge on any atom is 0.273 e. The number of aliphatic hydroxyl groups excluding tert-OH is 1. The van der Waals surface area contributed by atoms with E-state index in [4.69, 9.17) is 15.2 Å². The maximum atomic E-state index is 12.7. The summed E-state index contributed by atoms with van der Waals surface area (Å²) < 4.78 is 10.7. The molecule has 2 aromatic rings. The van der Waals surface area contributed by atoms with E-state index in [9.17, 15) is 9.90 Å². The zero-order valence-corrected chi connectivity index (χ0v) is 14.3. The van der Waals surface area contributed by atoms with Gasteiger partial charge in [-0.1, -0.05) is 0 Å². The molecule has 1 aliphatic rings. The van der Waals surface area contributed by atoms with Crippen LogP contribution in [0.15, 0.2) is 17.5 Å². The molecular weight excluding hydrogens is 330 g/mol. The fourth-order valence-corrected chi connectivity index (χ4v) is 3.54. The highest BCUT2D eigenvalue weighted by atomic mass is 32.1. The lowest BCUT2D eigenvalue weighted by Crippen LogP contribution is -2.38. The second-order valence-electron chi connectivity index (χ2n) is 5.39. The van der Waals surface area contributed by atoms with Crippen LogP contribution in [0.3, 0.4) is 0 Å². The highest BCUT2D eigenvalue weighted by Crippen LogP contribution is 2.39. The highest BCUT2D eigenvalue weighted by Gasteiger charge is 2.32. The lowest BCUT2D eigenvalue weighted by Gasteiger charge is -2.33. The Kier molecular flexibility index (Phi) is 4.70. The van der Waals surface area contributed by atoms with E-state index in [0.29, 0.717) is 40.9 Å². The summed E-state index contributed by atoms with van der Waals surface area (Å²) in [5.74, 6) is 0.966. The van der Waals surface area contributed by atoms with Crippen molar-refractivity contribution >= 4 is 17.2 Å². The van der Waals surface area contributed by atoms with Gasteiger partial charge in [0.2, 0.25) is 0 Å². The smallest absolute Gasteiger partial charge is 0.273 e. The number of methoxy groups -OCH3 is 2. The number of thiazole rings is 1. The SMILES string of the molecule is COc1ccc(OC)c2c1CN(C(=O)c1csc(CN)n1)CC2O. The zero-order valence-electron chi connectivity index (χ0n) is 13.5. The number of nitrogens with two attached hydrogens (primary N) is 1. The molecule has 0 saturated carbocycles. The highest BCUT2D eigenvalue weighted by molar-refractivity contribution is 7.09. The Hall–Kier alpha value is -2.16. The molecule has 0 aliphatic carbocycles. The number of hydrogen-bond donors (Lipinski definition) is 2. The van der Waals surface area contributed by atoms with Gasteiger partial charge in [-0.3, -0.25) is 4.79 Å². The summed E-state index contributed by atoms with van der Waals surface area (Å²) in [7, 11) is 3.11. The van der Waals surface area contributed by atoms with Crippen LogP contribution in [0.1, 0.15) is 32.7 Å². The van der Waals surface area contributed by atoms with Crippen molar-refractivity contribution in [3.05, 3.63) is 39.3 Å². The Bertz CT molecular complexity index is 762. The van der Waals surface area contributed by atoms with E-state index in [1.807, 2.05) is 0 Å². The summed E-state index contributed by atoms with van der Waals surface area (Å²) in [6.45, 7) is 0.792. The van der Waals surface area contributed by atoms with Crippen molar-refractivity contribution in [1.29, 1.82) is 0 Å². The van der Waals surface area contributed by atoms with Crippen LogP contribution < -0.4 is 15.2 Å². The third-order valence-corrected chi connectivity index (χ3v) is 4.89. The maximum absolute atomic E-state index is 12.7. The quantitative estimate of drug-likeness (QED) is 0.864. The van der Waals surface area contributed by atoms with Crippen LogP contribution in [-0.2, 0) is 13.1 Å². The number of carbonyl (C=O) groups excluding carboxylic acids is 1. The van der Waals surface area contributed by atoms with Crippen molar-refractivity contribution in [3.8, 4) is 11.5 Å². The lowest BCUT2D eigenvalue weighted by molar-refractivity contribution is 0.0534. The lowest BCUT2D eigenvalue weighted by atomic mass is 9.95. The standard InChI is InChI=1S/C16H19N3O4S/c1-22-12-3-4-13(23-2)15-9(12)6-19(7-11(15)20)16(21)10-8-24-14(5-17)18-10/h3-4,8,11,20H,5-7,17H2,1-2H3. The topological polar surface area (TPSA) is 97.9 Å². The Balaban J connectivity index is 1.95. The van der Waals surface area contributed by atoms with Crippen LogP contribution in [0.4, 0.5) is 0 Å². The first-order chi connectivity index (χ1) is 11.6. The van der Waals surface area contributed by atoms with Crippen molar-refractivity contribution in [2.45, 2.75) is 19.2 Å². The second-order valence-corrected chi connectivity index (χ2v) is 6.34. The summed E-state index contributed by atoms with van der Waals surface area (Å²) in [4.78, 5) is 18.5. The third-order valence-electron chi connectivity index (χ3n) is 4.02. The zero-order chi connectivity index (χ0) is 17.3. The van der Waals surface area contributed by atoms with E-state index in [1.54, 1.807) is 36.6 Å². The number of aromatic nitrogens is 1. The van der Waals surface area contributed by atoms with Gasteiger partial charge in [0.25, 0.3) is 5.91 Å². The molecule has 0 radical (unpaired) electrons. The Morgan fingerprint density at radius 1 is 1.42 bits per heavy atom. The van der Waals surface area contributed by atoms with Gasteiger partial charge in [-0.2, -0.15) is 0 Å². The molecule has 1 aromatic carbocycles. The molecule has 0 saturated heterocycles. The molecule has 1 unspecified atom stereocenters. The van der Waals surface area contributed by atoms with Crippen molar-refractivity contribution in [2.24, 2.45) is 5.73 Å². The Morgan fingerprint density at radius 2 is 2.12 bits per heavy atom. The van der Waals surface area contributed by atoms with E-state index >= 15 is 0 Å². The van der Waals surface area contributed by atoms with Gasteiger partial charge in [-0.15, -0.1) is 11.3 Å². The molecule has 1 aliphatic heterocycles. The molecule has 8 heteroatoms. The molecule has 1 aromatic heterocycles. The number of aliphatic hydroxyl groups is 1. The van der Waals surface area contributed by atoms with E-state index in [-0.39, 0.29) is 12.5 Å². The molecular formula is C16H19N3O4S. The molecule has 0 fully saturated rings. The number of rotatable bonds is 4. The second kappa shape index (κ2) is 6.76. The van der Waals surface area contributed by atoms with Crippen LogP contribution >= 0.6 is 11.3 Å². The molecule has 1 amide bonds. The van der Waals surface area contributed by atoms with E-state index in [2.05, 4.69) is 4.98 Å². The average Bonchev–Trinajstić information content (AvgIpc) is 3.09. The minimum Gasteiger partial charge on any atom is -0.496 e. The monoisotopic (exact) mass is 349 g/mol. The number of amides is 1. The molecule has 128 valence electrons.